The molecule has 0 radical (unpaired) electrons. The first kappa shape index (κ1) is 12.3. The molecule has 0 saturated carbocycles. The number of aryl methyl sites for hydroxylation is 1. The second-order valence-electron chi connectivity index (χ2n) is 3.88. The summed E-state index contributed by atoms with van der Waals surface area (Å²) in [5.41, 5.74) is 1.75. The molecule has 0 aromatic heterocycles. The van der Waals surface area contributed by atoms with Crippen molar-refractivity contribution >= 4 is 40.0 Å². The van der Waals surface area contributed by atoms with Crippen LogP contribution in [0.5, 0.6) is 0 Å². The van der Waals surface area contributed by atoms with E-state index in [2.05, 4.69) is 5.32 Å². The van der Waals surface area contributed by atoms with Crippen LogP contribution >= 0.6 is 24.0 Å². The molecule has 1 aromatic rings. The number of ketones is 1. The summed E-state index contributed by atoms with van der Waals surface area (Å²) < 4.78 is 0.455. The number of carbonyl (C=O) groups is 2. The zero-order chi connectivity index (χ0) is 12.4. The standard InChI is InChI=1S/C12H11NO2S2/c1-7-2-4-8(5-3-7)9(14)6-10-11(15)13-12(16)17-10/h2-5,10H,6H2,1H3,(H,13,15,16). The number of thiocarbonyl (C=S) groups is 1. The van der Waals surface area contributed by atoms with Crippen molar-refractivity contribution < 1.29 is 9.59 Å². The summed E-state index contributed by atoms with van der Waals surface area (Å²) >= 11 is 6.13. The van der Waals surface area contributed by atoms with E-state index in [1.165, 1.54) is 11.8 Å². The number of hydrogen-bond acceptors (Lipinski definition) is 4. The third kappa shape index (κ3) is 2.92. The lowest BCUT2D eigenvalue weighted by molar-refractivity contribution is -0.118. The Balaban J connectivity index is 2.04. The van der Waals surface area contributed by atoms with Gasteiger partial charge in [-0.2, -0.15) is 0 Å². The number of benzene rings is 1. The molecule has 1 saturated heterocycles. The van der Waals surface area contributed by atoms with E-state index in [4.69, 9.17) is 12.2 Å². The molecule has 1 fully saturated rings. The fourth-order valence-electron chi connectivity index (χ4n) is 1.55. The molecule has 88 valence electrons. The Morgan fingerprint density at radius 1 is 1.41 bits per heavy atom. The molecule has 0 bridgehead atoms. The van der Waals surface area contributed by atoms with Crippen LogP contribution in [0.1, 0.15) is 22.3 Å². The molecule has 1 aliphatic rings. The van der Waals surface area contributed by atoms with Crippen LogP contribution < -0.4 is 5.32 Å². The summed E-state index contributed by atoms with van der Waals surface area (Å²) in [7, 11) is 0. The van der Waals surface area contributed by atoms with Crippen LogP contribution in [-0.2, 0) is 4.79 Å². The summed E-state index contributed by atoms with van der Waals surface area (Å²) in [5.74, 6) is -0.192. The van der Waals surface area contributed by atoms with Gasteiger partial charge in [-0.3, -0.25) is 9.59 Å². The van der Waals surface area contributed by atoms with Gasteiger partial charge in [0.15, 0.2) is 5.78 Å². The Kier molecular flexibility index (Phi) is 3.59. The minimum atomic E-state index is -0.378. The Morgan fingerprint density at radius 2 is 2.06 bits per heavy atom. The molecule has 3 nitrogen and oxygen atoms in total. The van der Waals surface area contributed by atoms with Gasteiger partial charge in [-0.15, -0.1) is 0 Å². The predicted molar refractivity (Wildman–Crippen MR) is 72.2 cm³/mol. The van der Waals surface area contributed by atoms with Gasteiger partial charge in [0.1, 0.15) is 4.32 Å². The van der Waals surface area contributed by atoms with Crippen molar-refractivity contribution in [2.24, 2.45) is 0 Å². The van der Waals surface area contributed by atoms with Crippen LogP contribution in [0.25, 0.3) is 0 Å². The number of hydrogen-bond donors (Lipinski definition) is 1. The number of nitrogens with one attached hydrogen (secondary N) is 1. The van der Waals surface area contributed by atoms with E-state index in [0.29, 0.717) is 9.88 Å². The molecule has 5 heteroatoms. The molecule has 1 atom stereocenters. The highest BCUT2D eigenvalue weighted by atomic mass is 32.2. The lowest BCUT2D eigenvalue weighted by Gasteiger charge is -2.04. The molecule has 1 heterocycles. The smallest absolute Gasteiger partial charge is 0.239 e. The van der Waals surface area contributed by atoms with Crippen molar-refractivity contribution in [3.05, 3.63) is 35.4 Å². The normalized spacial score (nSPS) is 19.2. The largest absolute Gasteiger partial charge is 0.311 e. The van der Waals surface area contributed by atoms with Gasteiger partial charge < -0.3 is 5.32 Å². The molecule has 0 spiro atoms. The van der Waals surface area contributed by atoms with Crippen molar-refractivity contribution in [3.63, 3.8) is 0 Å². The van der Waals surface area contributed by atoms with E-state index in [9.17, 15) is 9.59 Å². The maximum absolute atomic E-state index is 11.9. The summed E-state index contributed by atoms with van der Waals surface area (Å²) in [5, 5.41) is 2.16. The van der Waals surface area contributed by atoms with Crippen molar-refractivity contribution in [1.82, 2.24) is 5.32 Å². The van der Waals surface area contributed by atoms with Crippen LogP contribution in [-0.4, -0.2) is 21.3 Å². The fraction of sp³-hybridized carbons (Fsp3) is 0.250. The molecule has 1 aliphatic heterocycles. The summed E-state index contributed by atoms with van der Waals surface area (Å²) in [4.78, 5) is 23.4. The van der Waals surface area contributed by atoms with Gasteiger partial charge in [-0.05, 0) is 6.92 Å². The predicted octanol–water partition coefficient (Wildman–Crippen LogP) is 2.08. The number of thioether (sulfide) groups is 1. The summed E-state index contributed by atoms with van der Waals surface area (Å²) in [6.07, 6.45) is 0.194. The van der Waals surface area contributed by atoms with Gasteiger partial charge in [0.25, 0.3) is 0 Å². The first-order valence-electron chi connectivity index (χ1n) is 5.17. The van der Waals surface area contributed by atoms with Crippen LogP contribution in [0.15, 0.2) is 24.3 Å². The molecule has 2 rings (SSSR count). The molecule has 1 unspecified atom stereocenters. The van der Waals surface area contributed by atoms with E-state index < -0.39 is 0 Å². The summed E-state index contributed by atoms with van der Waals surface area (Å²) in [6, 6.07) is 7.35. The van der Waals surface area contributed by atoms with Crippen molar-refractivity contribution in [2.75, 3.05) is 0 Å². The fourth-order valence-corrected chi connectivity index (χ4v) is 2.82. The number of amides is 1. The molecular formula is C12H11NO2S2. The average Bonchev–Trinajstić information content (AvgIpc) is 2.58. The Morgan fingerprint density at radius 3 is 2.59 bits per heavy atom. The minimum Gasteiger partial charge on any atom is -0.311 e. The highest BCUT2D eigenvalue weighted by Crippen LogP contribution is 2.23. The Hall–Kier alpha value is -1.20. The van der Waals surface area contributed by atoms with E-state index in [1.54, 1.807) is 12.1 Å². The molecule has 1 N–H and O–H groups in total. The number of rotatable bonds is 3. The molecule has 17 heavy (non-hydrogen) atoms. The first-order chi connectivity index (χ1) is 8.06. The maximum Gasteiger partial charge on any atom is 0.239 e. The highest BCUT2D eigenvalue weighted by molar-refractivity contribution is 8.24. The Bertz CT molecular complexity index is 482. The first-order valence-corrected chi connectivity index (χ1v) is 6.46. The maximum atomic E-state index is 11.9. The molecular weight excluding hydrogens is 254 g/mol. The SMILES string of the molecule is Cc1ccc(C(=O)CC2SC(=S)NC2=O)cc1. The molecule has 1 amide bonds. The van der Waals surface area contributed by atoms with Crippen LogP contribution in [0, 0.1) is 6.92 Å². The number of carbonyl (C=O) groups excluding carboxylic acids is 2. The molecule has 1 aromatic carbocycles. The van der Waals surface area contributed by atoms with Crippen LogP contribution in [0.3, 0.4) is 0 Å². The Labute approximate surface area is 109 Å². The van der Waals surface area contributed by atoms with Crippen LogP contribution in [0.4, 0.5) is 0 Å². The second kappa shape index (κ2) is 4.98. The monoisotopic (exact) mass is 265 g/mol. The topological polar surface area (TPSA) is 46.2 Å². The quantitative estimate of drug-likeness (QED) is 0.671. The van der Waals surface area contributed by atoms with Gasteiger partial charge in [-0.1, -0.05) is 53.8 Å². The molecule has 0 aliphatic carbocycles. The van der Waals surface area contributed by atoms with E-state index in [1.807, 2.05) is 19.1 Å². The van der Waals surface area contributed by atoms with E-state index in [0.717, 1.165) is 5.56 Å². The van der Waals surface area contributed by atoms with Gasteiger partial charge >= 0.3 is 0 Å². The summed E-state index contributed by atoms with van der Waals surface area (Å²) in [6.45, 7) is 1.97. The minimum absolute atomic E-state index is 0.0256. The lowest BCUT2D eigenvalue weighted by Crippen LogP contribution is -2.25. The highest BCUT2D eigenvalue weighted by Gasteiger charge is 2.31. The van der Waals surface area contributed by atoms with Crippen molar-refractivity contribution in [1.29, 1.82) is 0 Å². The second-order valence-corrected chi connectivity index (χ2v) is 5.76. The van der Waals surface area contributed by atoms with Gasteiger partial charge in [0, 0.05) is 12.0 Å². The third-order valence-corrected chi connectivity index (χ3v) is 3.88. The van der Waals surface area contributed by atoms with Crippen LogP contribution in [0.2, 0.25) is 0 Å². The zero-order valence-electron chi connectivity index (χ0n) is 9.23. The van der Waals surface area contributed by atoms with Gasteiger partial charge in [0.05, 0.1) is 5.25 Å². The van der Waals surface area contributed by atoms with Gasteiger partial charge in [0.2, 0.25) is 5.91 Å². The van der Waals surface area contributed by atoms with Crippen molar-refractivity contribution in [2.45, 2.75) is 18.6 Å². The lowest BCUT2D eigenvalue weighted by atomic mass is 10.0. The van der Waals surface area contributed by atoms with E-state index >= 15 is 0 Å². The zero-order valence-corrected chi connectivity index (χ0v) is 10.9. The number of Topliss-reactive ketones (excluding diaryl/α,β-unsaturated/α-hetero) is 1. The van der Waals surface area contributed by atoms with Crippen molar-refractivity contribution in [3.8, 4) is 0 Å². The van der Waals surface area contributed by atoms with Gasteiger partial charge in [-0.25, -0.2) is 0 Å². The average molecular weight is 265 g/mol. The van der Waals surface area contributed by atoms with E-state index in [-0.39, 0.29) is 23.4 Å². The third-order valence-electron chi connectivity index (χ3n) is 2.51.